The lowest BCUT2D eigenvalue weighted by Gasteiger charge is -2.33. The molecule has 0 aromatic heterocycles. The number of amides is 1. The summed E-state index contributed by atoms with van der Waals surface area (Å²) in [5.41, 5.74) is 2.88. The molecule has 0 bridgehead atoms. The number of quaternary nitrogens is 1. The van der Waals surface area contributed by atoms with Crippen molar-refractivity contribution in [3.8, 4) is 5.75 Å². The first-order valence-corrected chi connectivity index (χ1v) is 9.92. The van der Waals surface area contributed by atoms with Gasteiger partial charge in [-0.2, -0.15) is 5.10 Å². The smallest absolute Gasteiger partial charge is 0.263 e. The predicted octanol–water partition coefficient (Wildman–Crippen LogP) is 0.567. The molecule has 2 aromatic carbocycles. The summed E-state index contributed by atoms with van der Waals surface area (Å²) in [5.74, 6) is -1.09. The molecule has 0 atom stereocenters. The Kier molecular flexibility index (Phi) is 7.21. The second kappa shape index (κ2) is 10.0. The second-order valence-electron chi connectivity index (χ2n) is 6.97. The van der Waals surface area contributed by atoms with Crippen molar-refractivity contribution >= 4 is 35.1 Å². The first-order valence-electron chi connectivity index (χ1n) is 9.54. The number of hydrogen-bond donors (Lipinski definition) is 2. The fraction of sp³-hybridized carbons (Fsp3) is 0.300. The lowest BCUT2D eigenvalue weighted by Crippen LogP contribution is -3.15. The molecule has 0 radical (unpaired) electrons. The van der Waals surface area contributed by atoms with Gasteiger partial charge in [-0.05, 0) is 29.5 Å². The van der Waals surface area contributed by atoms with Crippen LogP contribution in [-0.4, -0.2) is 49.8 Å². The number of anilines is 1. The number of nitrogens with zero attached hydrogens (tertiary/aromatic N) is 3. The topological polar surface area (TPSA) is 115 Å². The van der Waals surface area contributed by atoms with Crippen molar-refractivity contribution < 1.29 is 19.7 Å². The normalized spacial score (nSPS) is 14.8. The van der Waals surface area contributed by atoms with Gasteiger partial charge in [0.05, 0.1) is 50.3 Å². The maximum Gasteiger partial charge on any atom is 0.263 e. The second-order valence-corrected chi connectivity index (χ2v) is 7.40. The molecule has 1 fully saturated rings. The van der Waals surface area contributed by atoms with Crippen molar-refractivity contribution in [1.29, 1.82) is 0 Å². The van der Waals surface area contributed by atoms with Crippen molar-refractivity contribution in [2.45, 2.75) is 6.42 Å². The molecule has 1 heterocycles. The summed E-state index contributed by atoms with van der Waals surface area (Å²) in [6, 6.07) is 12.5. The quantitative estimate of drug-likeness (QED) is 0.378. The van der Waals surface area contributed by atoms with Crippen LogP contribution in [0.2, 0.25) is 5.02 Å². The summed E-state index contributed by atoms with van der Waals surface area (Å²) in [6.45, 7) is 4.42. The maximum absolute atomic E-state index is 12.0. The van der Waals surface area contributed by atoms with Gasteiger partial charge in [-0.25, -0.2) is 5.43 Å². The molecule has 0 saturated carbocycles. The SMILES string of the molecule is O=C(CC[NH+]1CCN(c2ccccc2)CC1)NN=Cc1cc(Cl)cc([N+](=O)[O-])c1[O-]. The van der Waals surface area contributed by atoms with Crippen LogP contribution in [0.25, 0.3) is 0 Å². The number of nitrogens with one attached hydrogen (secondary N) is 2. The van der Waals surface area contributed by atoms with Gasteiger partial charge >= 0.3 is 0 Å². The first-order chi connectivity index (χ1) is 14.4. The zero-order valence-corrected chi connectivity index (χ0v) is 17.0. The molecule has 10 heteroatoms. The third-order valence-electron chi connectivity index (χ3n) is 4.95. The Balaban J connectivity index is 1.44. The number of hydrazone groups is 1. The number of carbonyl (C=O) groups is 1. The van der Waals surface area contributed by atoms with Gasteiger partial charge in [-0.15, -0.1) is 0 Å². The summed E-state index contributed by atoms with van der Waals surface area (Å²) in [6.07, 6.45) is 1.36. The highest BCUT2D eigenvalue weighted by atomic mass is 35.5. The van der Waals surface area contributed by atoms with E-state index >= 15 is 0 Å². The van der Waals surface area contributed by atoms with Crippen LogP contribution in [0.4, 0.5) is 11.4 Å². The van der Waals surface area contributed by atoms with E-state index in [9.17, 15) is 20.0 Å². The number of carbonyl (C=O) groups excluding carboxylic acids is 1. The Bertz CT molecular complexity index is 930. The van der Waals surface area contributed by atoms with Gasteiger partial charge in [0.15, 0.2) is 0 Å². The van der Waals surface area contributed by atoms with E-state index in [1.54, 1.807) is 0 Å². The number of piperazine rings is 1. The maximum atomic E-state index is 12.0. The van der Waals surface area contributed by atoms with Crippen LogP contribution in [0, 0.1) is 10.1 Å². The third-order valence-corrected chi connectivity index (χ3v) is 5.17. The zero-order chi connectivity index (χ0) is 21.5. The van der Waals surface area contributed by atoms with E-state index in [4.69, 9.17) is 11.6 Å². The fourth-order valence-electron chi connectivity index (χ4n) is 3.32. The van der Waals surface area contributed by atoms with E-state index in [0.29, 0.717) is 6.54 Å². The average Bonchev–Trinajstić information content (AvgIpc) is 2.75. The monoisotopic (exact) mass is 431 g/mol. The van der Waals surface area contributed by atoms with Crippen molar-refractivity contribution in [1.82, 2.24) is 5.43 Å². The minimum Gasteiger partial charge on any atom is -0.867 e. The predicted molar refractivity (Wildman–Crippen MR) is 112 cm³/mol. The first kappa shape index (κ1) is 21.5. The van der Waals surface area contributed by atoms with Crippen molar-refractivity contribution in [3.63, 3.8) is 0 Å². The van der Waals surface area contributed by atoms with E-state index < -0.39 is 16.4 Å². The summed E-state index contributed by atoms with van der Waals surface area (Å²) in [7, 11) is 0. The van der Waals surface area contributed by atoms with Crippen LogP contribution >= 0.6 is 11.6 Å². The Morgan fingerprint density at radius 3 is 2.63 bits per heavy atom. The molecule has 0 unspecified atom stereocenters. The van der Waals surface area contributed by atoms with Crippen LogP contribution in [0.15, 0.2) is 47.6 Å². The third kappa shape index (κ3) is 5.68. The highest BCUT2D eigenvalue weighted by molar-refractivity contribution is 6.31. The van der Waals surface area contributed by atoms with Crippen molar-refractivity contribution in [3.05, 3.63) is 63.2 Å². The summed E-state index contributed by atoms with van der Waals surface area (Å²) >= 11 is 5.79. The largest absolute Gasteiger partial charge is 0.867 e. The Morgan fingerprint density at radius 2 is 1.97 bits per heavy atom. The van der Waals surface area contributed by atoms with Gasteiger partial charge in [-0.1, -0.05) is 29.8 Å². The van der Waals surface area contributed by atoms with Crippen LogP contribution in [0.3, 0.4) is 0 Å². The number of para-hydroxylation sites is 1. The van der Waals surface area contributed by atoms with Gasteiger partial charge in [0.1, 0.15) is 0 Å². The lowest BCUT2D eigenvalue weighted by atomic mass is 10.2. The van der Waals surface area contributed by atoms with E-state index in [0.717, 1.165) is 38.5 Å². The molecule has 1 aliphatic rings. The molecule has 2 aromatic rings. The summed E-state index contributed by atoms with van der Waals surface area (Å²) in [4.78, 5) is 25.8. The molecule has 0 spiro atoms. The van der Waals surface area contributed by atoms with Crippen molar-refractivity contribution in [2.24, 2.45) is 5.10 Å². The fourth-order valence-corrected chi connectivity index (χ4v) is 3.54. The van der Waals surface area contributed by atoms with Gasteiger partial charge in [-0.3, -0.25) is 14.9 Å². The standard InChI is InChI=1S/C20H22ClN5O4/c21-16-12-15(20(28)18(13-16)26(29)30)14-22-23-19(27)6-7-24-8-10-25(11-9-24)17-4-2-1-3-5-17/h1-5,12-14,28H,6-11H2,(H,23,27). The minimum absolute atomic E-state index is 0.0484. The van der Waals surface area contributed by atoms with E-state index in [2.05, 4.69) is 27.6 Å². The molecule has 1 aliphatic heterocycles. The number of nitro groups is 1. The van der Waals surface area contributed by atoms with Gasteiger partial charge < -0.3 is 14.9 Å². The number of benzene rings is 2. The summed E-state index contributed by atoms with van der Waals surface area (Å²) < 4.78 is 0. The zero-order valence-electron chi connectivity index (χ0n) is 16.2. The van der Waals surface area contributed by atoms with E-state index in [1.807, 2.05) is 18.2 Å². The molecule has 1 amide bonds. The molecule has 0 aliphatic carbocycles. The molecule has 9 nitrogen and oxygen atoms in total. The number of rotatable bonds is 7. The lowest BCUT2D eigenvalue weighted by molar-refractivity contribution is -0.900. The van der Waals surface area contributed by atoms with E-state index in [-0.39, 0.29) is 22.9 Å². The molecule has 2 N–H and O–H groups in total. The molecular formula is C20H22ClN5O4. The highest BCUT2D eigenvalue weighted by Gasteiger charge is 2.20. The molecule has 158 valence electrons. The molecule has 30 heavy (non-hydrogen) atoms. The average molecular weight is 432 g/mol. The van der Waals surface area contributed by atoms with Gasteiger partial charge in [0, 0.05) is 16.8 Å². The molecule has 1 saturated heterocycles. The van der Waals surface area contributed by atoms with E-state index in [1.165, 1.54) is 16.7 Å². The van der Waals surface area contributed by atoms with Gasteiger partial charge in [0.25, 0.3) is 5.69 Å². The highest BCUT2D eigenvalue weighted by Crippen LogP contribution is 2.29. The van der Waals surface area contributed by atoms with Crippen LogP contribution in [0.1, 0.15) is 12.0 Å². The van der Waals surface area contributed by atoms with Crippen LogP contribution in [-0.2, 0) is 4.79 Å². The number of halogens is 1. The molecular weight excluding hydrogens is 410 g/mol. The van der Waals surface area contributed by atoms with Gasteiger partial charge in [0.2, 0.25) is 5.91 Å². The Morgan fingerprint density at radius 1 is 1.27 bits per heavy atom. The minimum atomic E-state index is -0.803. The Hall–Kier alpha value is -3.17. The number of hydrogen-bond acceptors (Lipinski definition) is 6. The molecule has 3 rings (SSSR count). The number of nitro benzene ring substituents is 1. The summed E-state index contributed by atoms with van der Waals surface area (Å²) in [5, 5.41) is 26.6. The van der Waals surface area contributed by atoms with Crippen LogP contribution < -0.4 is 20.3 Å². The Labute approximate surface area is 178 Å². The van der Waals surface area contributed by atoms with Crippen LogP contribution in [0.5, 0.6) is 5.75 Å². The van der Waals surface area contributed by atoms with Crippen molar-refractivity contribution in [2.75, 3.05) is 37.6 Å².